The lowest BCUT2D eigenvalue weighted by Gasteiger charge is -2.12. The molecule has 0 fully saturated rings. The summed E-state index contributed by atoms with van der Waals surface area (Å²) in [7, 11) is 0. The number of ether oxygens (including phenoxy) is 1. The van der Waals surface area contributed by atoms with Crippen molar-refractivity contribution in [3.05, 3.63) is 49.6 Å². The van der Waals surface area contributed by atoms with Gasteiger partial charge in [0.1, 0.15) is 9.32 Å². The molecule has 0 radical (unpaired) electrons. The first-order valence-corrected chi connectivity index (χ1v) is 7.08. The lowest BCUT2D eigenvalue weighted by Crippen LogP contribution is -2.11. The fourth-order valence-corrected chi connectivity index (χ4v) is 2.03. The Labute approximate surface area is 125 Å². The second-order valence-corrected chi connectivity index (χ2v) is 5.71. The van der Waals surface area contributed by atoms with Gasteiger partial charge in [-0.3, -0.25) is 4.79 Å². The molecule has 1 aromatic heterocycles. The van der Waals surface area contributed by atoms with Gasteiger partial charge in [-0.15, -0.1) is 0 Å². The van der Waals surface area contributed by atoms with E-state index in [1.54, 1.807) is 0 Å². The number of hydrogen-bond donors (Lipinski definition) is 1. The highest BCUT2D eigenvalue weighted by Crippen LogP contribution is 2.28. The van der Waals surface area contributed by atoms with E-state index >= 15 is 0 Å². The first kappa shape index (κ1) is 14.0. The number of aryl methyl sites for hydroxylation is 1. The summed E-state index contributed by atoms with van der Waals surface area (Å²) in [4.78, 5) is 18.1. The molecule has 1 heterocycles. The lowest BCUT2D eigenvalue weighted by molar-refractivity contribution is 0.452. The Bertz CT molecular complexity index is 650. The van der Waals surface area contributed by atoms with Crippen molar-refractivity contribution in [3.63, 3.8) is 0 Å². The maximum absolute atomic E-state index is 11.5. The average Bonchev–Trinajstić information content (AvgIpc) is 2.37. The van der Waals surface area contributed by atoms with Crippen molar-refractivity contribution in [2.24, 2.45) is 0 Å². The molecule has 0 spiro atoms. The van der Waals surface area contributed by atoms with E-state index in [0.717, 1.165) is 11.3 Å². The predicted molar refractivity (Wildman–Crippen MR) is 82.9 cm³/mol. The number of hydrogen-bond acceptors (Lipinski definition) is 3. The number of H-pyrrole nitrogens is 1. The number of nitrogens with one attached hydrogen (secondary N) is 1. The zero-order valence-electron chi connectivity index (χ0n) is 11.0. The van der Waals surface area contributed by atoms with Crippen molar-refractivity contribution in [2.45, 2.75) is 26.7 Å². The van der Waals surface area contributed by atoms with E-state index in [4.69, 9.17) is 4.74 Å². The minimum atomic E-state index is -0.191. The fourth-order valence-electron chi connectivity index (χ4n) is 1.63. The molecule has 0 aliphatic heterocycles. The zero-order chi connectivity index (χ0) is 14.0. The molecule has 0 saturated carbocycles. The maximum atomic E-state index is 11.5. The number of nitrogens with zero attached hydrogens (tertiary/aromatic N) is 1. The van der Waals surface area contributed by atoms with Crippen molar-refractivity contribution in [1.82, 2.24) is 9.97 Å². The summed E-state index contributed by atoms with van der Waals surface area (Å²) in [5.41, 5.74) is 2.02. The lowest BCUT2D eigenvalue weighted by atomic mass is 10.0. The van der Waals surface area contributed by atoms with Crippen LogP contribution in [0.1, 0.15) is 30.9 Å². The molecular formula is C14H15IN2O2. The molecule has 0 atom stereocenters. The summed E-state index contributed by atoms with van der Waals surface area (Å²) >= 11 is 1.93. The SMILES string of the molecule is Cc1ccc(C(C)C)cc1Oc1nc[nH]c(=O)c1I. The molecule has 0 unspecified atom stereocenters. The Balaban J connectivity index is 2.40. The third-order valence-electron chi connectivity index (χ3n) is 2.85. The molecule has 100 valence electrons. The van der Waals surface area contributed by atoms with Gasteiger partial charge >= 0.3 is 0 Å². The summed E-state index contributed by atoms with van der Waals surface area (Å²) in [6, 6.07) is 6.10. The van der Waals surface area contributed by atoms with Crippen LogP contribution >= 0.6 is 22.6 Å². The molecule has 4 nitrogen and oxygen atoms in total. The van der Waals surface area contributed by atoms with Crippen molar-refractivity contribution >= 4 is 22.6 Å². The maximum Gasteiger partial charge on any atom is 0.268 e. The highest BCUT2D eigenvalue weighted by molar-refractivity contribution is 14.1. The summed E-state index contributed by atoms with van der Waals surface area (Å²) in [6.07, 6.45) is 1.35. The molecule has 5 heteroatoms. The van der Waals surface area contributed by atoms with Gasteiger partial charge in [-0.05, 0) is 52.6 Å². The molecule has 1 N–H and O–H groups in total. The molecule has 1 aromatic carbocycles. The Morgan fingerprint density at radius 1 is 1.37 bits per heavy atom. The Kier molecular flexibility index (Phi) is 4.24. The van der Waals surface area contributed by atoms with Gasteiger partial charge in [-0.25, -0.2) is 4.98 Å². The van der Waals surface area contributed by atoms with E-state index < -0.39 is 0 Å². The molecule has 0 aliphatic carbocycles. The molecule has 0 aliphatic rings. The minimum Gasteiger partial charge on any atom is -0.437 e. The Morgan fingerprint density at radius 3 is 2.79 bits per heavy atom. The number of aromatic nitrogens is 2. The highest BCUT2D eigenvalue weighted by atomic mass is 127. The molecule has 0 bridgehead atoms. The predicted octanol–water partition coefficient (Wildman–Crippen LogP) is 3.60. The van der Waals surface area contributed by atoms with Crippen LogP contribution in [0.3, 0.4) is 0 Å². The topological polar surface area (TPSA) is 55.0 Å². The van der Waals surface area contributed by atoms with E-state index in [1.165, 1.54) is 11.9 Å². The average molecular weight is 370 g/mol. The van der Waals surface area contributed by atoms with Crippen LogP contribution in [0, 0.1) is 10.5 Å². The third kappa shape index (κ3) is 3.15. The van der Waals surface area contributed by atoms with Crippen LogP contribution in [0.2, 0.25) is 0 Å². The van der Waals surface area contributed by atoms with Crippen LogP contribution in [0.15, 0.2) is 29.3 Å². The summed E-state index contributed by atoms with van der Waals surface area (Å²) < 4.78 is 6.23. The minimum absolute atomic E-state index is 0.191. The van der Waals surface area contributed by atoms with Crippen LogP contribution in [0.4, 0.5) is 0 Å². The largest absolute Gasteiger partial charge is 0.437 e. The first-order valence-electron chi connectivity index (χ1n) is 6.00. The van der Waals surface area contributed by atoms with Crippen LogP contribution < -0.4 is 10.3 Å². The fraction of sp³-hybridized carbons (Fsp3) is 0.286. The summed E-state index contributed by atoms with van der Waals surface area (Å²) in [5.74, 6) is 1.50. The monoisotopic (exact) mass is 370 g/mol. The number of aromatic amines is 1. The van der Waals surface area contributed by atoms with Crippen LogP contribution in [0.5, 0.6) is 11.6 Å². The van der Waals surface area contributed by atoms with E-state index in [2.05, 4.69) is 29.9 Å². The van der Waals surface area contributed by atoms with Crippen LogP contribution in [-0.2, 0) is 0 Å². The van der Waals surface area contributed by atoms with Gasteiger partial charge in [0.2, 0.25) is 5.88 Å². The van der Waals surface area contributed by atoms with Crippen LogP contribution in [-0.4, -0.2) is 9.97 Å². The van der Waals surface area contributed by atoms with Crippen LogP contribution in [0.25, 0.3) is 0 Å². The molecule has 0 saturated heterocycles. The van der Waals surface area contributed by atoms with Gasteiger partial charge in [0.05, 0.1) is 6.33 Å². The van der Waals surface area contributed by atoms with E-state index in [0.29, 0.717) is 15.4 Å². The molecule has 19 heavy (non-hydrogen) atoms. The highest BCUT2D eigenvalue weighted by Gasteiger charge is 2.10. The third-order valence-corrected chi connectivity index (χ3v) is 3.80. The van der Waals surface area contributed by atoms with E-state index in [1.807, 2.05) is 41.6 Å². The first-order chi connectivity index (χ1) is 8.99. The normalized spacial score (nSPS) is 10.8. The second-order valence-electron chi connectivity index (χ2n) is 4.63. The molecule has 2 rings (SSSR count). The smallest absolute Gasteiger partial charge is 0.268 e. The van der Waals surface area contributed by atoms with Gasteiger partial charge in [0.25, 0.3) is 5.56 Å². The van der Waals surface area contributed by atoms with Crippen molar-refractivity contribution < 1.29 is 4.74 Å². The van der Waals surface area contributed by atoms with Gasteiger partial charge in [0, 0.05) is 0 Å². The quantitative estimate of drug-likeness (QED) is 0.841. The summed E-state index contributed by atoms with van der Waals surface area (Å²) in [6.45, 7) is 6.23. The Morgan fingerprint density at radius 2 is 2.11 bits per heavy atom. The van der Waals surface area contributed by atoms with Crippen molar-refractivity contribution in [3.8, 4) is 11.6 Å². The van der Waals surface area contributed by atoms with Gasteiger partial charge in [-0.1, -0.05) is 26.0 Å². The number of benzene rings is 1. The van der Waals surface area contributed by atoms with Gasteiger partial charge in [0.15, 0.2) is 0 Å². The van der Waals surface area contributed by atoms with Crippen molar-refractivity contribution in [1.29, 1.82) is 0 Å². The van der Waals surface area contributed by atoms with E-state index in [9.17, 15) is 4.79 Å². The Hall–Kier alpha value is -1.37. The van der Waals surface area contributed by atoms with Gasteiger partial charge in [-0.2, -0.15) is 0 Å². The molecular weight excluding hydrogens is 355 g/mol. The summed E-state index contributed by atoms with van der Waals surface area (Å²) in [5, 5.41) is 0. The molecule has 2 aromatic rings. The number of halogens is 1. The molecule has 0 amide bonds. The zero-order valence-corrected chi connectivity index (χ0v) is 13.2. The van der Waals surface area contributed by atoms with E-state index in [-0.39, 0.29) is 5.56 Å². The number of rotatable bonds is 3. The van der Waals surface area contributed by atoms with Crippen molar-refractivity contribution in [2.75, 3.05) is 0 Å². The van der Waals surface area contributed by atoms with Gasteiger partial charge < -0.3 is 9.72 Å². The standard InChI is InChI=1S/C14H15IN2O2/c1-8(2)10-5-4-9(3)11(6-10)19-14-12(15)13(18)16-7-17-14/h4-8H,1-3H3,(H,16,17,18). The second kappa shape index (κ2) is 5.73.